The number of hydrogen-bond acceptors (Lipinski definition) is 3. The number of carbonyl (C=O) groups excluding carboxylic acids is 3. The van der Waals surface area contributed by atoms with Crippen molar-refractivity contribution in [3.05, 3.63) is 22.2 Å². The molecule has 0 bridgehead atoms. The van der Waals surface area contributed by atoms with Gasteiger partial charge in [-0.25, -0.2) is 0 Å². The first-order valence-electron chi connectivity index (χ1n) is 3.19. The van der Waals surface area contributed by atoms with Gasteiger partial charge in [0.25, 0.3) is 0 Å². The SMILES string of the molecule is C=O.C=O.C=O.CC1=[C]([Mn])CC=C1. The Bertz CT molecular complexity index is 171. The topological polar surface area (TPSA) is 51.2 Å². The maximum absolute atomic E-state index is 8.00. The molecule has 0 heterocycles. The summed E-state index contributed by atoms with van der Waals surface area (Å²) in [5.41, 5.74) is 1.36. The normalized spacial score (nSPS) is 11.2. The molecule has 0 radical (unpaired) electrons. The van der Waals surface area contributed by atoms with Gasteiger partial charge in [0.15, 0.2) is 0 Å². The molecule has 0 aromatic rings. The van der Waals surface area contributed by atoms with Gasteiger partial charge in [0.2, 0.25) is 0 Å². The summed E-state index contributed by atoms with van der Waals surface area (Å²) < 4.78 is 1.33. The second kappa shape index (κ2) is 17.2. The molecule has 3 nitrogen and oxygen atoms in total. The van der Waals surface area contributed by atoms with Crippen LogP contribution in [0.15, 0.2) is 22.2 Å². The van der Waals surface area contributed by atoms with E-state index in [1.165, 1.54) is 10.0 Å². The number of rotatable bonds is 0. The van der Waals surface area contributed by atoms with Crippen LogP contribution in [-0.2, 0) is 30.4 Å². The van der Waals surface area contributed by atoms with Crippen molar-refractivity contribution in [1.29, 1.82) is 0 Å². The number of hydrogen-bond donors (Lipinski definition) is 0. The van der Waals surface area contributed by atoms with E-state index < -0.39 is 0 Å². The van der Waals surface area contributed by atoms with E-state index in [-0.39, 0.29) is 0 Å². The van der Waals surface area contributed by atoms with Crippen LogP contribution in [0.25, 0.3) is 0 Å². The van der Waals surface area contributed by atoms with Crippen LogP contribution in [0.3, 0.4) is 0 Å². The van der Waals surface area contributed by atoms with E-state index in [0.717, 1.165) is 6.42 Å². The quantitative estimate of drug-likeness (QED) is 0.581. The van der Waals surface area contributed by atoms with Crippen molar-refractivity contribution in [2.75, 3.05) is 0 Å². The third-order valence-corrected chi connectivity index (χ3v) is 1.80. The molecule has 0 atom stereocenters. The standard InChI is InChI=1S/C6H7.3CH2O.Mn/c1-6-4-2-3-5-6;3*1-2;/h2,4H,3H2,1H3;3*1H2;. The molecular formula is C9H13MnO3. The fraction of sp³-hybridized carbons (Fsp3) is 0.222. The third-order valence-electron chi connectivity index (χ3n) is 1.09. The Hall–Kier alpha value is -0.991. The molecule has 13 heavy (non-hydrogen) atoms. The average Bonchev–Trinajstić information content (AvgIpc) is 2.61. The van der Waals surface area contributed by atoms with Crippen LogP contribution in [0.5, 0.6) is 0 Å². The number of carbonyl (C=O) groups is 3. The molecule has 4 heteroatoms. The zero-order valence-corrected chi connectivity index (χ0v) is 8.77. The van der Waals surface area contributed by atoms with E-state index >= 15 is 0 Å². The van der Waals surface area contributed by atoms with Crippen LogP contribution in [0, 0.1) is 0 Å². The summed E-state index contributed by atoms with van der Waals surface area (Å²) in [5.74, 6) is 0. The molecule has 0 fully saturated rings. The van der Waals surface area contributed by atoms with Gasteiger partial charge in [0.05, 0.1) is 0 Å². The summed E-state index contributed by atoms with van der Waals surface area (Å²) in [4.78, 5) is 24.0. The van der Waals surface area contributed by atoms with E-state index in [2.05, 4.69) is 35.1 Å². The molecule has 0 saturated carbocycles. The molecule has 0 unspecified atom stereocenters. The Labute approximate surface area is 86.7 Å². The van der Waals surface area contributed by atoms with Gasteiger partial charge < -0.3 is 14.4 Å². The molecule has 1 rings (SSSR count). The van der Waals surface area contributed by atoms with E-state index in [1.54, 1.807) is 0 Å². The average molecular weight is 224 g/mol. The zero-order valence-electron chi connectivity index (χ0n) is 7.59. The predicted octanol–water partition coefficient (Wildman–Crippen LogP) is 1.21. The van der Waals surface area contributed by atoms with Gasteiger partial charge in [-0.15, -0.1) is 0 Å². The molecule has 0 N–H and O–H groups in total. The first-order valence-corrected chi connectivity index (χ1v) is 3.78. The first-order chi connectivity index (χ1) is 6.30. The van der Waals surface area contributed by atoms with Crippen LogP contribution in [0.2, 0.25) is 0 Å². The first kappa shape index (κ1) is 17.9. The minimum atomic E-state index is 1.09. The summed E-state index contributed by atoms with van der Waals surface area (Å²) in [7, 11) is 0. The Morgan fingerprint density at radius 1 is 1.15 bits per heavy atom. The Morgan fingerprint density at radius 2 is 1.54 bits per heavy atom. The molecule has 0 aromatic heterocycles. The van der Waals surface area contributed by atoms with Crippen molar-refractivity contribution in [3.8, 4) is 0 Å². The molecule has 74 valence electrons. The Kier molecular flexibility index (Phi) is 23.7. The van der Waals surface area contributed by atoms with Crippen molar-refractivity contribution in [1.82, 2.24) is 0 Å². The summed E-state index contributed by atoms with van der Waals surface area (Å²) in [5, 5.41) is 0. The Morgan fingerprint density at radius 3 is 1.62 bits per heavy atom. The van der Waals surface area contributed by atoms with Crippen molar-refractivity contribution in [2.24, 2.45) is 0 Å². The van der Waals surface area contributed by atoms with E-state index in [0.29, 0.717) is 0 Å². The zero-order chi connectivity index (χ0) is 11.3. The van der Waals surface area contributed by atoms with E-state index in [4.69, 9.17) is 14.4 Å². The van der Waals surface area contributed by atoms with Gasteiger partial charge in [-0.2, -0.15) is 0 Å². The minimum absolute atomic E-state index is 1.09. The summed E-state index contributed by atoms with van der Waals surface area (Å²) in [6, 6.07) is 0. The molecule has 0 spiro atoms. The van der Waals surface area contributed by atoms with Gasteiger partial charge in [0.1, 0.15) is 20.4 Å². The molecule has 1 aliphatic carbocycles. The van der Waals surface area contributed by atoms with Crippen molar-refractivity contribution in [2.45, 2.75) is 13.3 Å². The molecule has 0 saturated heterocycles. The summed E-state index contributed by atoms with van der Waals surface area (Å²) in [6.45, 7) is 8.10. The second-order valence-electron chi connectivity index (χ2n) is 1.69. The van der Waals surface area contributed by atoms with Crippen LogP contribution < -0.4 is 0 Å². The maximum atomic E-state index is 8.00. The van der Waals surface area contributed by atoms with Gasteiger partial charge in [-0.3, -0.25) is 0 Å². The molecule has 0 amide bonds. The summed E-state index contributed by atoms with van der Waals surface area (Å²) in [6.07, 6.45) is 5.37. The summed E-state index contributed by atoms with van der Waals surface area (Å²) >= 11 is 3.42. The van der Waals surface area contributed by atoms with E-state index in [9.17, 15) is 0 Å². The van der Waals surface area contributed by atoms with Crippen LogP contribution >= 0.6 is 0 Å². The predicted molar refractivity (Wildman–Crippen MR) is 47.8 cm³/mol. The third kappa shape index (κ3) is 11.0. The fourth-order valence-electron chi connectivity index (χ4n) is 0.591. The Balaban J connectivity index is -0.000000144. The van der Waals surface area contributed by atoms with Crippen LogP contribution in [-0.4, -0.2) is 20.4 Å². The van der Waals surface area contributed by atoms with E-state index in [1.807, 2.05) is 20.4 Å². The number of allylic oxidation sites excluding steroid dienone is 4. The van der Waals surface area contributed by atoms with Crippen LogP contribution in [0.1, 0.15) is 13.3 Å². The van der Waals surface area contributed by atoms with Gasteiger partial charge >= 0.3 is 51.6 Å². The van der Waals surface area contributed by atoms with Crippen molar-refractivity contribution < 1.29 is 30.4 Å². The molecular weight excluding hydrogens is 211 g/mol. The fourth-order valence-corrected chi connectivity index (χ4v) is 0.828. The second-order valence-corrected chi connectivity index (χ2v) is 2.41. The van der Waals surface area contributed by atoms with Gasteiger partial charge in [-0.1, -0.05) is 0 Å². The van der Waals surface area contributed by atoms with Crippen molar-refractivity contribution >= 4 is 20.4 Å². The molecule has 0 aromatic carbocycles. The monoisotopic (exact) mass is 224 g/mol. The van der Waals surface area contributed by atoms with Gasteiger partial charge in [0, 0.05) is 0 Å². The van der Waals surface area contributed by atoms with Crippen molar-refractivity contribution in [3.63, 3.8) is 0 Å². The molecule has 1 aliphatic rings. The van der Waals surface area contributed by atoms with Crippen LogP contribution in [0.4, 0.5) is 0 Å². The van der Waals surface area contributed by atoms with Gasteiger partial charge in [-0.05, 0) is 0 Å². The molecule has 0 aliphatic heterocycles.